The molecule has 2 rings (SSSR count). The van der Waals surface area contributed by atoms with Crippen LogP contribution in [0.4, 0.5) is 4.79 Å². The molecular weight excluding hydrogens is 290 g/mol. The Morgan fingerprint density at radius 3 is 2.61 bits per heavy atom. The van der Waals surface area contributed by atoms with Gasteiger partial charge in [0.25, 0.3) is 0 Å². The number of rotatable bonds is 6. The summed E-state index contributed by atoms with van der Waals surface area (Å²) < 4.78 is 11.0. The molecule has 0 aliphatic carbocycles. The van der Waals surface area contributed by atoms with Gasteiger partial charge in [-0.2, -0.15) is 0 Å². The van der Waals surface area contributed by atoms with E-state index in [0.29, 0.717) is 19.1 Å². The number of carbonyl (C=O) groups excluding carboxylic acids is 1. The van der Waals surface area contributed by atoms with Gasteiger partial charge in [-0.3, -0.25) is 0 Å². The van der Waals surface area contributed by atoms with Gasteiger partial charge >= 0.3 is 6.09 Å². The molecule has 0 N–H and O–H groups in total. The third kappa shape index (κ3) is 6.45. The van der Waals surface area contributed by atoms with Gasteiger partial charge in [-0.15, -0.1) is 0 Å². The highest BCUT2D eigenvalue weighted by Crippen LogP contribution is 2.20. The van der Waals surface area contributed by atoms with Crippen molar-refractivity contribution in [3.8, 4) is 0 Å². The Labute approximate surface area is 139 Å². The van der Waals surface area contributed by atoms with Crippen molar-refractivity contribution >= 4 is 6.09 Å². The van der Waals surface area contributed by atoms with Crippen molar-refractivity contribution in [3.05, 3.63) is 48.0 Å². The second-order valence-corrected chi connectivity index (χ2v) is 6.90. The first kappa shape index (κ1) is 17.5. The molecule has 1 aliphatic rings. The van der Waals surface area contributed by atoms with Crippen molar-refractivity contribution in [3.63, 3.8) is 0 Å². The van der Waals surface area contributed by atoms with E-state index < -0.39 is 5.60 Å². The van der Waals surface area contributed by atoms with E-state index in [4.69, 9.17) is 9.47 Å². The zero-order chi connectivity index (χ0) is 16.7. The van der Waals surface area contributed by atoms with E-state index >= 15 is 0 Å². The van der Waals surface area contributed by atoms with Crippen molar-refractivity contribution in [1.82, 2.24) is 4.90 Å². The van der Waals surface area contributed by atoms with Gasteiger partial charge in [0.05, 0.1) is 13.2 Å². The van der Waals surface area contributed by atoms with E-state index in [2.05, 4.69) is 24.3 Å². The SMILES string of the molecule is CC(C)(C)OC(=O)N1CC(/C=C/CCOCc2ccccc2)C1. The Hall–Kier alpha value is -1.81. The molecule has 1 fully saturated rings. The van der Waals surface area contributed by atoms with Crippen molar-refractivity contribution in [1.29, 1.82) is 0 Å². The van der Waals surface area contributed by atoms with Gasteiger partial charge in [-0.05, 0) is 32.8 Å². The van der Waals surface area contributed by atoms with E-state index in [1.807, 2.05) is 39.0 Å². The number of nitrogens with zero attached hydrogens (tertiary/aromatic N) is 1. The molecule has 126 valence electrons. The first-order valence-corrected chi connectivity index (χ1v) is 8.20. The van der Waals surface area contributed by atoms with Crippen LogP contribution in [0.1, 0.15) is 32.8 Å². The lowest BCUT2D eigenvalue weighted by Crippen LogP contribution is -2.50. The number of hydrogen-bond acceptors (Lipinski definition) is 3. The summed E-state index contributed by atoms with van der Waals surface area (Å²) in [5.41, 5.74) is 0.775. The van der Waals surface area contributed by atoms with Crippen LogP contribution in [0.25, 0.3) is 0 Å². The molecule has 1 saturated heterocycles. The first-order chi connectivity index (χ1) is 10.9. The Balaban J connectivity index is 1.54. The minimum Gasteiger partial charge on any atom is -0.444 e. The van der Waals surface area contributed by atoms with Crippen LogP contribution in [0.3, 0.4) is 0 Å². The summed E-state index contributed by atoms with van der Waals surface area (Å²) in [6.45, 7) is 8.53. The molecule has 4 heteroatoms. The summed E-state index contributed by atoms with van der Waals surface area (Å²) in [7, 11) is 0. The Kier molecular flexibility index (Phi) is 6.22. The van der Waals surface area contributed by atoms with Crippen LogP contribution in [0.2, 0.25) is 0 Å². The fourth-order valence-corrected chi connectivity index (χ4v) is 2.31. The Morgan fingerprint density at radius 2 is 1.96 bits per heavy atom. The highest BCUT2D eigenvalue weighted by Gasteiger charge is 2.31. The average molecular weight is 317 g/mol. The van der Waals surface area contributed by atoms with E-state index in [-0.39, 0.29) is 6.09 Å². The van der Waals surface area contributed by atoms with Gasteiger partial charge in [0, 0.05) is 19.0 Å². The van der Waals surface area contributed by atoms with Gasteiger partial charge < -0.3 is 14.4 Å². The summed E-state index contributed by atoms with van der Waals surface area (Å²) in [5.74, 6) is 0.441. The molecule has 1 aromatic rings. The minimum absolute atomic E-state index is 0.214. The highest BCUT2D eigenvalue weighted by molar-refractivity contribution is 5.69. The summed E-state index contributed by atoms with van der Waals surface area (Å²) in [6, 6.07) is 10.2. The zero-order valence-electron chi connectivity index (χ0n) is 14.3. The van der Waals surface area contributed by atoms with Crippen molar-refractivity contribution in [2.75, 3.05) is 19.7 Å². The van der Waals surface area contributed by atoms with Crippen LogP contribution >= 0.6 is 0 Å². The van der Waals surface area contributed by atoms with Crippen molar-refractivity contribution in [2.24, 2.45) is 5.92 Å². The molecule has 0 saturated carbocycles. The summed E-state index contributed by atoms with van der Waals surface area (Å²) in [4.78, 5) is 13.5. The molecule has 23 heavy (non-hydrogen) atoms. The van der Waals surface area contributed by atoms with Gasteiger partial charge in [0.15, 0.2) is 0 Å². The lowest BCUT2D eigenvalue weighted by molar-refractivity contribution is 0.00487. The largest absolute Gasteiger partial charge is 0.444 e. The van der Waals surface area contributed by atoms with Crippen LogP contribution in [0.15, 0.2) is 42.5 Å². The summed E-state index contributed by atoms with van der Waals surface area (Å²) in [5, 5.41) is 0. The number of ether oxygens (including phenoxy) is 2. The predicted molar refractivity (Wildman–Crippen MR) is 91.2 cm³/mol. The quantitative estimate of drug-likeness (QED) is 0.587. The number of carbonyl (C=O) groups is 1. The fourth-order valence-electron chi connectivity index (χ4n) is 2.31. The predicted octanol–water partition coefficient (Wildman–Crippen LogP) is 4.02. The third-order valence-electron chi connectivity index (χ3n) is 3.51. The van der Waals surface area contributed by atoms with Gasteiger partial charge in [-0.25, -0.2) is 4.79 Å². The van der Waals surface area contributed by atoms with Crippen molar-refractivity contribution < 1.29 is 14.3 Å². The molecule has 1 aliphatic heterocycles. The van der Waals surface area contributed by atoms with E-state index in [1.165, 1.54) is 5.56 Å². The maximum atomic E-state index is 11.8. The number of hydrogen-bond donors (Lipinski definition) is 0. The maximum Gasteiger partial charge on any atom is 0.410 e. The standard InChI is InChI=1S/C19H27NO3/c1-19(2,3)23-18(21)20-13-17(14-20)11-7-8-12-22-15-16-9-5-4-6-10-16/h4-7,9-11,17H,8,12-15H2,1-3H3/b11-7+. The van der Waals surface area contributed by atoms with Crippen LogP contribution in [-0.4, -0.2) is 36.3 Å². The smallest absolute Gasteiger partial charge is 0.410 e. The first-order valence-electron chi connectivity index (χ1n) is 8.20. The summed E-state index contributed by atoms with van der Waals surface area (Å²) >= 11 is 0. The van der Waals surface area contributed by atoms with Crippen LogP contribution in [0.5, 0.6) is 0 Å². The van der Waals surface area contributed by atoms with Gasteiger partial charge in [0.1, 0.15) is 5.60 Å². The number of likely N-dealkylation sites (tertiary alicyclic amines) is 1. The van der Waals surface area contributed by atoms with E-state index in [9.17, 15) is 4.79 Å². The molecule has 0 atom stereocenters. The van der Waals surface area contributed by atoms with E-state index in [1.54, 1.807) is 4.90 Å². The van der Waals surface area contributed by atoms with Crippen LogP contribution in [0, 0.1) is 5.92 Å². The summed E-state index contributed by atoms with van der Waals surface area (Å²) in [6.07, 6.45) is 5.00. The number of amides is 1. The van der Waals surface area contributed by atoms with E-state index in [0.717, 1.165) is 19.5 Å². The van der Waals surface area contributed by atoms with Crippen molar-refractivity contribution in [2.45, 2.75) is 39.4 Å². The molecule has 0 bridgehead atoms. The normalized spacial score (nSPS) is 15.7. The molecule has 0 aromatic heterocycles. The molecule has 0 unspecified atom stereocenters. The van der Waals surface area contributed by atoms with Crippen LogP contribution < -0.4 is 0 Å². The molecule has 0 spiro atoms. The average Bonchev–Trinajstić information content (AvgIpc) is 2.43. The molecule has 4 nitrogen and oxygen atoms in total. The van der Waals surface area contributed by atoms with Crippen LogP contribution in [-0.2, 0) is 16.1 Å². The second kappa shape index (κ2) is 8.16. The zero-order valence-corrected chi connectivity index (χ0v) is 14.3. The second-order valence-electron chi connectivity index (χ2n) is 6.90. The molecule has 1 amide bonds. The fraction of sp³-hybridized carbons (Fsp3) is 0.526. The minimum atomic E-state index is -0.423. The maximum absolute atomic E-state index is 11.8. The number of benzene rings is 1. The third-order valence-corrected chi connectivity index (χ3v) is 3.51. The molecule has 0 radical (unpaired) electrons. The van der Waals surface area contributed by atoms with Gasteiger partial charge in [0.2, 0.25) is 0 Å². The highest BCUT2D eigenvalue weighted by atomic mass is 16.6. The lowest BCUT2D eigenvalue weighted by atomic mass is 10.00. The molecule has 1 aromatic carbocycles. The lowest BCUT2D eigenvalue weighted by Gasteiger charge is -2.38. The topological polar surface area (TPSA) is 38.8 Å². The Morgan fingerprint density at radius 1 is 1.26 bits per heavy atom. The molecular formula is C19H27NO3. The Bertz CT molecular complexity index is 513. The molecule has 1 heterocycles. The monoisotopic (exact) mass is 317 g/mol. The van der Waals surface area contributed by atoms with Gasteiger partial charge in [-0.1, -0.05) is 42.5 Å².